The molecule has 0 spiro atoms. The van der Waals surface area contributed by atoms with Crippen molar-refractivity contribution in [3.63, 3.8) is 0 Å². The maximum atomic E-state index is 13.0. The van der Waals surface area contributed by atoms with E-state index < -0.39 is 27.8 Å². The second-order valence-electron chi connectivity index (χ2n) is 7.31. The number of allylic oxidation sites excluding steroid dienone is 2. The molecule has 0 saturated carbocycles. The lowest BCUT2D eigenvalue weighted by atomic mass is 9.76. The van der Waals surface area contributed by atoms with E-state index >= 15 is 0 Å². The molecule has 2 atom stereocenters. The van der Waals surface area contributed by atoms with E-state index in [1.54, 1.807) is 11.0 Å². The normalized spacial score (nSPS) is 24.5. The number of nitrogens with zero attached hydrogens (tertiary/aromatic N) is 2. The Morgan fingerprint density at radius 2 is 1.64 bits per heavy atom. The number of hydrogen-bond donors (Lipinski definition) is 1. The Balaban J connectivity index is 1.69. The zero-order chi connectivity index (χ0) is 20.6. The van der Waals surface area contributed by atoms with Crippen molar-refractivity contribution in [1.29, 1.82) is 0 Å². The fourth-order valence-corrected chi connectivity index (χ4v) is 6.82. The van der Waals surface area contributed by atoms with Gasteiger partial charge in [-0.15, -0.1) is 11.3 Å². The summed E-state index contributed by atoms with van der Waals surface area (Å²) in [6.07, 6.45) is 0.818. The van der Waals surface area contributed by atoms with Gasteiger partial charge in [0.1, 0.15) is 4.21 Å². The summed E-state index contributed by atoms with van der Waals surface area (Å²) in [7, 11) is -3.63. The van der Waals surface area contributed by atoms with Crippen molar-refractivity contribution in [2.24, 2.45) is 11.8 Å². The highest BCUT2D eigenvalue weighted by atomic mass is 35.5. The molecular formula is C18H23ClN2O5S2. The van der Waals surface area contributed by atoms with Gasteiger partial charge in [-0.2, -0.15) is 4.31 Å². The summed E-state index contributed by atoms with van der Waals surface area (Å²) in [6, 6.07) is 3.03. The molecule has 7 nitrogen and oxygen atoms in total. The topological polar surface area (TPSA) is 95.0 Å². The van der Waals surface area contributed by atoms with Crippen molar-refractivity contribution in [3.8, 4) is 0 Å². The number of hydrogen-bond acceptors (Lipinski definition) is 5. The zero-order valence-electron chi connectivity index (χ0n) is 15.7. The third kappa shape index (κ3) is 4.12. The molecule has 1 saturated heterocycles. The van der Waals surface area contributed by atoms with Crippen LogP contribution in [0.15, 0.2) is 27.5 Å². The van der Waals surface area contributed by atoms with Gasteiger partial charge < -0.3 is 10.0 Å². The Kier molecular flexibility index (Phi) is 6.19. The summed E-state index contributed by atoms with van der Waals surface area (Å²) in [6.45, 7) is 4.71. The van der Waals surface area contributed by atoms with Crippen LogP contribution in [-0.2, 0) is 19.6 Å². The van der Waals surface area contributed by atoms with Crippen LogP contribution >= 0.6 is 22.9 Å². The van der Waals surface area contributed by atoms with E-state index in [4.69, 9.17) is 11.6 Å². The van der Waals surface area contributed by atoms with E-state index in [-0.39, 0.29) is 36.3 Å². The fraction of sp³-hybridized carbons (Fsp3) is 0.556. The summed E-state index contributed by atoms with van der Waals surface area (Å²) < 4.78 is 27.3. The van der Waals surface area contributed by atoms with Crippen molar-refractivity contribution >= 4 is 44.8 Å². The van der Waals surface area contributed by atoms with Crippen LogP contribution in [0.25, 0.3) is 0 Å². The Morgan fingerprint density at radius 3 is 2.14 bits per heavy atom. The number of rotatable bonds is 4. The molecule has 1 aromatic rings. The first-order valence-corrected chi connectivity index (χ1v) is 11.7. The molecule has 3 rings (SSSR count). The molecule has 1 amide bonds. The largest absolute Gasteiger partial charge is 0.481 e. The number of carbonyl (C=O) groups is 2. The summed E-state index contributed by atoms with van der Waals surface area (Å²) in [5, 5.41) is 9.55. The lowest BCUT2D eigenvalue weighted by molar-refractivity contribution is -0.151. The highest BCUT2D eigenvalue weighted by Crippen LogP contribution is 2.36. The van der Waals surface area contributed by atoms with Crippen LogP contribution < -0.4 is 0 Å². The summed E-state index contributed by atoms with van der Waals surface area (Å²) >= 11 is 6.86. The van der Waals surface area contributed by atoms with Gasteiger partial charge in [-0.25, -0.2) is 8.42 Å². The molecule has 2 aliphatic rings. The van der Waals surface area contributed by atoms with Crippen LogP contribution in [0.2, 0.25) is 4.34 Å². The standard InChI is InChI=1S/C18H23ClN2O5S2/c1-11-9-13(14(18(23)24)10-12(11)2)17(22)20-5-7-21(8-6-20)28(25,26)16-4-3-15(19)27-16/h3-4,13-14H,5-10H2,1-2H3,(H,23,24)/t13-,14+/m1/s1. The van der Waals surface area contributed by atoms with E-state index in [9.17, 15) is 23.1 Å². The Morgan fingerprint density at radius 1 is 1.07 bits per heavy atom. The molecule has 154 valence electrons. The van der Waals surface area contributed by atoms with Crippen LogP contribution in [0.3, 0.4) is 0 Å². The van der Waals surface area contributed by atoms with Gasteiger partial charge in [-0.1, -0.05) is 22.7 Å². The number of aliphatic carboxylic acids is 1. The molecule has 10 heteroatoms. The Labute approximate surface area is 173 Å². The molecule has 2 heterocycles. The van der Waals surface area contributed by atoms with Crippen molar-refractivity contribution in [1.82, 2.24) is 9.21 Å². The highest BCUT2D eigenvalue weighted by Gasteiger charge is 2.40. The minimum absolute atomic E-state index is 0.182. The average molecular weight is 447 g/mol. The fourth-order valence-electron chi connectivity index (χ4n) is 3.76. The van der Waals surface area contributed by atoms with Crippen LogP contribution in [0.4, 0.5) is 0 Å². The number of amides is 1. The number of halogens is 1. The molecule has 1 aromatic heterocycles. The molecular weight excluding hydrogens is 424 g/mol. The van der Waals surface area contributed by atoms with Crippen LogP contribution in [0, 0.1) is 11.8 Å². The predicted molar refractivity (Wildman–Crippen MR) is 107 cm³/mol. The van der Waals surface area contributed by atoms with Gasteiger partial charge in [0.2, 0.25) is 5.91 Å². The van der Waals surface area contributed by atoms with E-state index in [1.165, 1.54) is 10.4 Å². The third-order valence-corrected chi connectivity index (χ3v) is 9.19. The van der Waals surface area contributed by atoms with Crippen LogP contribution in [-0.4, -0.2) is 60.8 Å². The molecule has 1 aliphatic carbocycles. The third-order valence-electron chi connectivity index (χ3n) is 5.59. The zero-order valence-corrected chi connectivity index (χ0v) is 18.1. The van der Waals surface area contributed by atoms with Gasteiger partial charge in [0, 0.05) is 26.2 Å². The smallest absolute Gasteiger partial charge is 0.307 e. The predicted octanol–water partition coefficient (Wildman–Crippen LogP) is 2.68. The molecule has 28 heavy (non-hydrogen) atoms. The monoisotopic (exact) mass is 446 g/mol. The first-order valence-electron chi connectivity index (χ1n) is 9.03. The average Bonchev–Trinajstić information content (AvgIpc) is 3.10. The number of carboxylic acid groups (broad SMARTS) is 1. The molecule has 0 bridgehead atoms. The highest BCUT2D eigenvalue weighted by molar-refractivity contribution is 7.91. The molecule has 0 unspecified atom stereocenters. The van der Waals surface area contributed by atoms with Crippen molar-refractivity contribution in [2.45, 2.75) is 30.9 Å². The van der Waals surface area contributed by atoms with Gasteiger partial charge >= 0.3 is 5.97 Å². The van der Waals surface area contributed by atoms with Crippen LogP contribution in [0.5, 0.6) is 0 Å². The number of carbonyl (C=O) groups excluding carboxylic acids is 1. The van der Waals surface area contributed by atoms with Gasteiger partial charge in [-0.3, -0.25) is 9.59 Å². The molecule has 0 radical (unpaired) electrons. The summed E-state index contributed by atoms with van der Waals surface area (Å²) in [5.41, 5.74) is 2.09. The lowest BCUT2D eigenvalue weighted by Gasteiger charge is -2.38. The molecule has 1 aliphatic heterocycles. The lowest BCUT2D eigenvalue weighted by Crippen LogP contribution is -2.53. The van der Waals surface area contributed by atoms with E-state index in [2.05, 4.69) is 0 Å². The molecule has 1 N–H and O–H groups in total. The summed E-state index contributed by atoms with van der Waals surface area (Å²) in [4.78, 5) is 26.3. The minimum atomic E-state index is -3.63. The maximum absolute atomic E-state index is 13.0. The number of piperazine rings is 1. The van der Waals surface area contributed by atoms with Crippen LogP contribution in [0.1, 0.15) is 26.7 Å². The minimum Gasteiger partial charge on any atom is -0.481 e. The Hall–Kier alpha value is -1.42. The number of sulfonamides is 1. The van der Waals surface area contributed by atoms with Crippen molar-refractivity contribution in [3.05, 3.63) is 27.6 Å². The van der Waals surface area contributed by atoms with E-state index in [0.29, 0.717) is 17.2 Å². The van der Waals surface area contributed by atoms with Gasteiger partial charge in [0.25, 0.3) is 10.0 Å². The van der Waals surface area contributed by atoms with E-state index in [0.717, 1.165) is 22.5 Å². The quantitative estimate of drug-likeness (QED) is 0.717. The van der Waals surface area contributed by atoms with E-state index in [1.807, 2.05) is 13.8 Å². The van der Waals surface area contributed by atoms with Crippen molar-refractivity contribution in [2.75, 3.05) is 26.2 Å². The molecule has 1 fully saturated rings. The van der Waals surface area contributed by atoms with Gasteiger partial charge in [-0.05, 0) is 38.8 Å². The first kappa shape index (κ1) is 21.3. The second kappa shape index (κ2) is 8.14. The second-order valence-corrected chi connectivity index (χ2v) is 11.2. The van der Waals surface area contributed by atoms with Gasteiger partial charge in [0.05, 0.1) is 16.2 Å². The maximum Gasteiger partial charge on any atom is 0.307 e. The summed E-state index contributed by atoms with van der Waals surface area (Å²) in [5.74, 6) is -2.48. The van der Waals surface area contributed by atoms with Crippen molar-refractivity contribution < 1.29 is 23.1 Å². The SMILES string of the molecule is CC1=C(C)C[C@@H](C(=O)N2CCN(S(=O)(=O)c3ccc(Cl)s3)CC2)[C@@H](C(=O)O)C1. The molecule has 0 aromatic carbocycles. The Bertz CT molecular complexity index is 916. The number of carboxylic acids is 1. The number of thiophene rings is 1. The van der Waals surface area contributed by atoms with Gasteiger partial charge in [0.15, 0.2) is 0 Å². The first-order chi connectivity index (χ1) is 13.1.